The van der Waals surface area contributed by atoms with Crippen LogP contribution in [0.4, 0.5) is 10.8 Å². The Kier molecular flexibility index (Phi) is 9.29. The number of hydrogen-bond acceptors (Lipinski definition) is 5. The molecule has 0 fully saturated rings. The van der Waals surface area contributed by atoms with Gasteiger partial charge in [-0.2, -0.15) is 0 Å². The Morgan fingerprint density at radius 1 is 1.00 bits per heavy atom. The van der Waals surface area contributed by atoms with Gasteiger partial charge in [0.15, 0.2) is 5.13 Å². The topological polar surface area (TPSA) is 39.7 Å². The van der Waals surface area contributed by atoms with Gasteiger partial charge in [-0.25, -0.2) is 4.98 Å². The summed E-state index contributed by atoms with van der Waals surface area (Å²) in [6.45, 7) is 9.84. The Hall–Kier alpha value is -2.15. The molecule has 3 aromatic rings. The Bertz CT molecular complexity index is 983. The SMILES string of the molecule is CCN(CC)c1ccc(C(=O)N(CCCN(C)C)c2nc3ccc(C)cc3s2)cc1.Cl. The van der Waals surface area contributed by atoms with Crippen molar-refractivity contribution < 1.29 is 4.79 Å². The number of aryl methyl sites for hydroxylation is 1. The molecule has 0 unspecified atom stereocenters. The van der Waals surface area contributed by atoms with Crippen LogP contribution >= 0.6 is 23.7 Å². The van der Waals surface area contributed by atoms with Crippen LogP contribution in [0.5, 0.6) is 0 Å². The lowest BCUT2D eigenvalue weighted by atomic mass is 10.1. The second-order valence-corrected chi connectivity index (χ2v) is 8.81. The molecule has 0 aliphatic rings. The van der Waals surface area contributed by atoms with Crippen LogP contribution in [0.25, 0.3) is 10.2 Å². The van der Waals surface area contributed by atoms with Crippen molar-refractivity contribution in [2.45, 2.75) is 27.2 Å². The number of amides is 1. The van der Waals surface area contributed by atoms with Crippen LogP contribution in [0.2, 0.25) is 0 Å². The van der Waals surface area contributed by atoms with E-state index in [9.17, 15) is 4.79 Å². The molecule has 168 valence electrons. The third-order valence-corrected chi connectivity index (χ3v) is 6.28. The van der Waals surface area contributed by atoms with Gasteiger partial charge in [-0.1, -0.05) is 17.4 Å². The number of nitrogens with zero attached hydrogens (tertiary/aromatic N) is 4. The van der Waals surface area contributed by atoms with E-state index in [1.54, 1.807) is 11.3 Å². The molecule has 2 aromatic carbocycles. The summed E-state index contributed by atoms with van der Waals surface area (Å²) in [7, 11) is 4.11. The molecule has 1 heterocycles. The van der Waals surface area contributed by atoms with Crippen LogP contribution in [0.3, 0.4) is 0 Å². The van der Waals surface area contributed by atoms with E-state index in [1.807, 2.05) is 35.2 Å². The van der Waals surface area contributed by atoms with Crippen molar-refractivity contribution in [3.8, 4) is 0 Å². The molecule has 7 heteroatoms. The highest BCUT2D eigenvalue weighted by Crippen LogP contribution is 2.31. The van der Waals surface area contributed by atoms with Gasteiger partial charge in [0, 0.05) is 30.9 Å². The zero-order valence-electron chi connectivity index (χ0n) is 19.1. The Morgan fingerprint density at radius 2 is 1.68 bits per heavy atom. The number of aromatic nitrogens is 1. The zero-order chi connectivity index (χ0) is 21.7. The quantitative estimate of drug-likeness (QED) is 0.424. The minimum Gasteiger partial charge on any atom is -0.372 e. The fourth-order valence-corrected chi connectivity index (χ4v) is 4.61. The Labute approximate surface area is 196 Å². The van der Waals surface area contributed by atoms with E-state index in [1.165, 1.54) is 5.56 Å². The number of hydrogen-bond donors (Lipinski definition) is 0. The molecule has 3 rings (SSSR count). The number of fused-ring (bicyclic) bond motifs is 1. The van der Waals surface area contributed by atoms with Gasteiger partial charge in [0.2, 0.25) is 0 Å². The summed E-state index contributed by atoms with van der Waals surface area (Å²) >= 11 is 1.59. The molecule has 5 nitrogen and oxygen atoms in total. The van der Waals surface area contributed by atoms with Crippen molar-refractivity contribution in [3.63, 3.8) is 0 Å². The highest BCUT2D eigenvalue weighted by Gasteiger charge is 2.21. The maximum absolute atomic E-state index is 13.5. The van der Waals surface area contributed by atoms with Crippen molar-refractivity contribution in [2.24, 2.45) is 0 Å². The maximum Gasteiger partial charge on any atom is 0.260 e. The fraction of sp³-hybridized carbons (Fsp3) is 0.417. The average Bonchev–Trinajstić information content (AvgIpc) is 3.14. The largest absolute Gasteiger partial charge is 0.372 e. The third-order valence-electron chi connectivity index (χ3n) is 5.24. The summed E-state index contributed by atoms with van der Waals surface area (Å²) in [5, 5.41) is 0.771. The van der Waals surface area contributed by atoms with Gasteiger partial charge < -0.3 is 9.80 Å². The molecular weight excluding hydrogens is 428 g/mol. The minimum absolute atomic E-state index is 0. The standard InChI is InChI=1S/C24H32N4OS.ClH/c1-6-27(7-2)20-12-10-19(11-13-20)23(29)28(16-8-15-26(4)5)24-25-21-14-9-18(3)17-22(21)30-24;/h9-14,17H,6-8,15-16H2,1-5H3;1H. The van der Waals surface area contributed by atoms with Gasteiger partial charge >= 0.3 is 0 Å². The van der Waals surface area contributed by atoms with Gasteiger partial charge in [0.1, 0.15) is 0 Å². The molecule has 0 atom stereocenters. The first-order valence-corrected chi connectivity index (χ1v) is 11.4. The summed E-state index contributed by atoms with van der Waals surface area (Å²) in [6.07, 6.45) is 0.894. The number of carbonyl (C=O) groups is 1. The Balaban J connectivity index is 0.00000341. The fourth-order valence-electron chi connectivity index (χ4n) is 3.52. The van der Waals surface area contributed by atoms with Gasteiger partial charge in [-0.3, -0.25) is 9.69 Å². The molecule has 0 aliphatic heterocycles. The number of anilines is 2. The van der Waals surface area contributed by atoms with Crippen LogP contribution in [-0.4, -0.2) is 56.1 Å². The summed E-state index contributed by atoms with van der Waals surface area (Å²) < 4.78 is 1.12. The molecule has 0 saturated heterocycles. The number of halogens is 1. The first-order chi connectivity index (χ1) is 14.4. The average molecular weight is 461 g/mol. The molecule has 0 N–H and O–H groups in total. The van der Waals surface area contributed by atoms with Crippen LogP contribution < -0.4 is 9.80 Å². The van der Waals surface area contributed by atoms with E-state index in [2.05, 4.69) is 56.8 Å². The third kappa shape index (κ3) is 6.19. The number of benzene rings is 2. The molecule has 0 saturated carbocycles. The van der Waals surface area contributed by atoms with Crippen LogP contribution in [0, 0.1) is 6.92 Å². The second kappa shape index (κ2) is 11.5. The van der Waals surface area contributed by atoms with E-state index in [0.29, 0.717) is 12.1 Å². The number of carbonyl (C=O) groups excluding carboxylic acids is 1. The zero-order valence-corrected chi connectivity index (χ0v) is 20.7. The van der Waals surface area contributed by atoms with Crippen LogP contribution in [0.15, 0.2) is 42.5 Å². The van der Waals surface area contributed by atoms with Gasteiger partial charge in [0.25, 0.3) is 5.91 Å². The summed E-state index contributed by atoms with van der Waals surface area (Å²) in [6, 6.07) is 14.2. The predicted molar refractivity (Wildman–Crippen MR) is 136 cm³/mol. The van der Waals surface area contributed by atoms with Crippen molar-refractivity contribution in [2.75, 3.05) is 50.1 Å². The van der Waals surface area contributed by atoms with Crippen molar-refractivity contribution in [3.05, 3.63) is 53.6 Å². The summed E-state index contributed by atoms with van der Waals surface area (Å²) in [5.41, 5.74) is 4.00. The normalized spacial score (nSPS) is 10.9. The first-order valence-electron chi connectivity index (χ1n) is 10.6. The number of thiazole rings is 1. The maximum atomic E-state index is 13.5. The lowest BCUT2D eigenvalue weighted by Crippen LogP contribution is -2.33. The lowest BCUT2D eigenvalue weighted by molar-refractivity contribution is 0.0986. The monoisotopic (exact) mass is 460 g/mol. The highest BCUT2D eigenvalue weighted by molar-refractivity contribution is 7.22. The molecule has 0 spiro atoms. The minimum atomic E-state index is 0. The van der Waals surface area contributed by atoms with Crippen LogP contribution in [-0.2, 0) is 0 Å². The predicted octanol–water partition coefficient (Wildman–Crippen LogP) is 5.47. The molecule has 1 amide bonds. The first kappa shape index (κ1) is 25.1. The van der Waals surface area contributed by atoms with E-state index >= 15 is 0 Å². The lowest BCUT2D eigenvalue weighted by Gasteiger charge is -2.23. The number of rotatable bonds is 9. The smallest absolute Gasteiger partial charge is 0.260 e. The summed E-state index contributed by atoms with van der Waals surface area (Å²) in [5.74, 6) is 0.00984. The van der Waals surface area contributed by atoms with E-state index in [0.717, 1.165) is 47.1 Å². The van der Waals surface area contributed by atoms with Gasteiger partial charge in [-0.15, -0.1) is 12.4 Å². The van der Waals surface area contributed by atoms with Gasteiger partial charge in [0.05, 0.1) is 10.2 Å². The van der Waals surface area contributed by atoms with E-state index < -0.39 is 0 Å². The van der Waals surface area contributed by atoms with Crippen molar-refractivity contribution in [1.82, 2.24) is 9.88 Å². The van der Waals surface area contributed by atoms with Crippen LogP contribution in [0.1, 0.15) is 36.2 Å². The summed E-state index contributed by atoms with van der Waals surface area (Å²) in [4.78, 5) is 24.5. The second-order valence-electron chi connectivity index (χ2n) is 7.80. The molecule has 0 aliphatic carbocycles. The van der Waals surface area contributed by atoms with E-state index in [-0.39, 0.29) is 18.3 Å². The molecule has 1 aromatic heterocycles. The van der Waals surface area contributed by atoms with E-state index in [4.69, 9.17) is 4.98 Å². The van der Waals surface area contributed by atoms with Crippen molar-refractivity contribution >= 4 is 50.7 Å². The molecule has 0 radical (unpaired) electrons. The Morgan fingerprint density at radius 3 is 2.29 bits per heavy atom. The molecule has 31 heavy (non-hydrogen) atoms. The van der Waals surface area contributed by atoms with Gasteiger partial charge in [-0.05, 0) is 89.8 Å². The molecular formula is C24H33ClN4OS. The van der Waals surface area contributed by atoms with Crippen molar-refractivity contribution in [1.29, 1.82) is 0 Å². The molecule has 0 bridgehead atoms. The highest BCUT2D eigenvalue weighted by atomic mass is 35.5.